The average Bonchev–Trinajstić information content (AvgIpc) is 3.15. The first-order valence-electron chi connectivity index (χ1n) is 16.1. The van der Waals surface area contributed by atoms with E-state index in [0.717, 1.165) is 75.0 Å². The third kappa shape index (κ3) is 5.33. The molecule has 0 amide bonds. The topological polar surface area (TPSA) is 50.2 Å². The molecule has 3 heterocycles. The lowest BCUT2D eigenvalue weighted by Gasteiger charge is -2.25. The smallest absolute Gasteiger partial charge is 0.133 e. The molecule has 222 valence electrons. The molecule has 1 unspecified atom stereocenters. The zero-order valence-electron chi connectivity index (χ0n) is 25.8. The van der Waals surface area contributed by atoms with Crippen LogP contribution in [0.1, 0.15) is 42.6 Å². The summed E-state index contributed by atoms with van der Waals surface area (Å²) in [5, 5.41) is 5.89. The molecule has 0 bridgehead atoms. The Labute approximate surface area is 269 Å². The molecule has 4 heteroatoms. The molecule has 0 fully saturated rings. The first-order chi connectivity index (χ1) is 22.7. The molecule has 0 radical (unpaired) electrons. The van der Waals surface area contributed by atoms with Crippen molar-refractivity contribution in [3.63, 3.8) is 0 Å². The van der Waals surface area contributed by atoms with Gasteiger partial charge in [0.15, 0.2) is 0 Å². The highest BCUT2D eigenvalue weighted by Crippen LogP contribution is 2.35. The van der Waals surface area contributed by atoms with E-state index in [1.165, 1.54) is 22.3 Å². The summed E-state index contributed by atoms with van der Waals surface area (Å²) in [6.45, 7) is 2.16. The number of pyridine rings is 2. The summed E-state index contributed by atoms with van der Waals surface area (Å²) in [5.41, 5.74) is 12.2. The average molecular weight is 595 g/mol. The van der Waals surface area contributed by atoms with Gasteiger partial charge in [0, 0.05) is 33.9 Å². The van der Waals surface area contributed by atoms with Crippen LogP contribution in [-0.2, 0) is 6.42 Å². The molecule has 0 spiro atoms. The lowest BCUT2D eigenvalue weighted by Crippen LogP contribution is -2.29. The minimum atomic E-state index is -0.141. The van der Waals surface area contributed by atoms with Crippen molar-refractivity contribution in [1.29, 1.82) is 0 Å². The molecule has 8 rings (SSSR count). The summed E-state index contributed by atoms with van der Waals surface area (Å²) in [7, 11) is 0. The van der Waals surface area contributed by atoms with Gasteiger partial charge in [-0.2, -0.15) is 0 Å². The van der Waals surface area contributed by atoms with Gasteiger partial charge in [-0.3, -0.25) is 15.0 Å². The number of hydrogen-bond acceptors (Lipinski definition) is 4. The van der Waals surface area contributed by atoms with E-state index in [9.17, 15) is 0 Å². The predicted octanol–water partition coefficient (Wildman–Crippen LogP) is 9.93. The van der Waals surface area contributed by atoms with Crippen molar-refractivity contribution in [2.45, 2.75) is 32.2 Å². The van der Waals surface area contributed by atoms with Crippen molar-refractivity contribution in [3.8, 4) is 22.3 Å². The van der Waals surface area contributed by atoms with Crippen molar-refractivity contribution in [2.24, 2.45) is 4.99 Å². The maximum Gasteiger partial charge on any atom is 0.133 e. The minimum absolute atomic E-state index is 0.141. The predicted molar refractivity (Wildman–Crippen MR) is 191 cm³/mol. The molecule has 0 saturated carbocycles. The first kappa shape index (κ1) is 27.9. The molecule has 2 aliphatic rings. The number of hydrogen-bond donors (Lipinski definition) is 1. The minimum Gasteiger partial charge on any atom is -0.340 e. The van der Waals surface area contributed by atoms with Gasteiger partial charge in [-0.15, -0.1) is 0 Å². The van der Waals surface area contributed by atoms with Gasteiger partial charge in [-0.05, 0) is 76.9 Å². The van der Waals surface area contributed by atoms with Crippen molar-refractivity contribution in [2.75, 3.05) is 0 Å². The van der Waals surface area contributed by atoms with E-state index in [1.807, 2.05) is 12.3 Å². The zero-order chi connectivity index (χ0) is 30.9. The van der Waals surface area contributed by atoms with E-state index in [-0.39, 0.29) is 6.04 Å². The van der Waals surface area contributed by atoms with Crippen LogP contribution < -0.4 is 5.32 Å². The van der Waals surface area contributed by atoms with Gasteiger partial charge in [-0.25, -0.2) is 0 Å². The van der Waals surface area contributed by atoms with Gasteiger partial charge in [0.25, 0.3) is 0 Å². The molecular weight excluding hydrogens is 560 g/mol. The van der Waals surface area contributed by atoms with Crippen LogP contribution in [0.4, 0.5) is 0 Å². The fourth-order valence-corrected chi connectivity index (χ4v) is 6.48. The number of aromatic nitrogens is 2. The second-order valence-electron chi connectivity index (χ2n) is 11.9. The van der Waals surface area contributed by atoms with Gasteiger partial charge < -0.3 is 5.32 Å². The summed E-state index contributed by atoms with van der Waals surface area (Å²) in [4.78, 5) is 15.1. The van der Waals surface area contributed by atoms with Gasteiger partial charge in [-0.1, -0.05) is 116 Å². The molecule has 1 aliphatic heterocycles. The lowest BCUT2D eigenvalue weighted by atomic mass is 9.93. The molecule has 4 aromatic carbocycles. The van der Waals surface area contributed by atoms with Crippen molar-refractivity contribution < 1.29 is 0 Å². The number of amidine groups is 1. The Balaban J connectivity index is 1.22. The summed E-state index contributed by atoms with van der Waals surface area (Å²) < 4.78 is 0. The van der Waals surface area contributed by atoms with Crippen LogP contribution in [-0.4, -0.2) is 15.8 Å². The van der Waals surface area contributed by atoms with Crippen LogP contribution in [0.5, 0.6) is 0 Å². The second kappa shape index (κ2) is 12.1. The normalized spacial score (nSPS) is 16.1. The Kier molecular flexibility index (Phi) is 7.31. The summed E-state index contributed by atoms with van der Waals surface area (Å²) in [6, 6.07) is 38.6. The summed E-state index contributed by atoms with van der Waals surface area (Å²) in [5.74, 6) is 0.882. The third-order valence-corrected chi connectivity index (χ3v) is 8.92. The largest absolute Gasteiger partial charge is 0.340 e. The van der Waals surface area contributed by atoms with Crippen LogP contribution >= 0.6 is 0 Å². The van der Waals surface area contributed by atoms with Gasteiger partial charge >= 0.3 is 0 Å². The standard InChI is InChI=1S/C42H34N4/c1-2-35-26-37(36-23-22-31-17-10-24-43-40(31)41(36)44-35)33-15-9-16-34(25-33)39-27-38(30-13-7-4-8-14-30)45-42(46-39)32-20-18-29(19-21-32)28-11-5-3-6-12-28/h3,5-7,9-27,39H,2,4,8H2,1H3,(H,45,46). The van der Waals surface area contributed by atoms with E-state index < -0.39 is 0 Å². The fourth-order valence-electron chi connectivity index (χ4n) is 6.48. The summed E-state index contributed by atoms with van der Waals surface area (Å²) in [6.07, 6.45) is 13.9. The lowest BCUT2D eigenvalue weighted by molar-refractivity contribution is 0.848. The van der Waals surface area contributed by atoms with E-state index in [0.29, 0.717) is 0 Å². The third-order valence-electron chi connectivity index (χ3n) is 8.92. The molecule has 1 N–H and O–H groups in total. The second-order valence-corrected chi connectivity index (χ2v) is 11.9. The van der Waals surface area contributed by atoms with E-state index >= 15 is 0 Å². The molecule has 4 nitrogen and oxygen atoms in total. The Morgan fingerprint density at radius 2 is 1.57 bits per heavy atom. The molecule has 0 saturated heterocycles. The van der Waals surface area contributed by atoms with Gasteiger partial charge in [0.05, 0.1) is 17.1 Å². The van der Waals surface area contributed by atoms with Gasteiger partial charge in [0.2, 0.25) is 0 Å². The van der Waals surface area contributed by atoms with Crippen LogP contribution in [0.15, 0.2) is 156 Å². The monoisotopic (exact) mass is 594 g/mol. The number of benzene rings is 4. The van der Waals surface area contributed by atoms with E-state index in [1.54, 1.807) is 0 Å². The Morgan fingerprint density at radius 1 is 0.739 bits per heavy atom. The number of aryl methyl sites for hydroxylation is 1. The van der Waals surface area contributed by atoms with E-state index in [4.69, 9.17) is 15.0 Å². The number of allylic oxidation sites excluding steroid dienone is 3. The van der Waals surface area contributed by atoms with E-state index in [2.05, 4.69) is 140 Å². The number of aliphatic imine (C=N–C) groups is 1. The Bertz CT molecular complexity index is 2210. The molecule has 2 aromatic heterocycles. The fraction of sp³-hybridized carbons (Fsp3) is 0.119. The quantitative estimate of drug-likeness (QED) is 0.195. The molecule has 46 heavy (non-hydrogen) atoms. The number of rotatable bonds is 6. The highest BCUT2D eigenvalue weighted by Gasteiger charge is 2.21. The van der Waals surface area contributed by atoms with Crippen LogP contribution in [0.25, 0.3) is 44.1 Å². The molecule has 6 aromatic rings. The van der Waals surface area contributed by atoms with Crippen molar-refractivity contribution in [3.05, 3.63) is 168 Å². The highest BCUT2D eigenvalue weighted by atomic mass is 15.0. The van der Waals surface area contributed by atoms with Crippen LogP contribution in [0.2, 0.25) is 0 Å². The summed E-state index contributed by atoms with van der Waals surface area (Å²) >= 11 is 0. The molecular formula is C42H34N4. The number of nitrogens with zero attached hydrogens (tertiary/aromatic N) is 3. The maximum absolute atomic E-state index is 5.30. The van der Waals surface area contributed by atoms with Crippen molar-refractivity contribution >= 4 is 27.6 Å². The van der Waals surface area contributed by atoms with Crippen LogP contribution in [0, 0.1) is 0 Å². The maximum atomic E-state index is 5.30. The highest BCUT2D eigenvalue weighted by molar-refractivity contribution is 6.08. The number of fused-ring (bicyclic) bond motifs is 3. The Morgan fingerprint density at radius 3 is 2.39 bits per heavy atom. The first-order valence-corrected chi connectivity index (χ1v) is 16.1. The van der Waals surface area contributed by atoms with Crippen LogP contribution in [0.3, 0.4) is 0 Å². The van der Waals surface area contributed by atoms with Gasteiger partial charge in [0.1, 0.15) is 5.84 Å². The Hall–Kier alpha value is -5.61. The molecule has 1 atom stereocenters. The number of nitrogens with one attached hydrogen (secondary N) is 1. The molecule has 1 aliphatic carbocycles. The zero-order valence-corrected chi connectivity index (χ0v) is 25.8. The van der Waals surface area contributed by atoms with Crippen molar-refractivity contribution in [1.82, 2.24) is 15.3 Å². The SMILES string of the molecule is CCc1cc(-c2cccc(C3C=C(C4=CCCC=C4)NC(c4ccc(-c5ccccc5)cc4)=N3)c2)c2ccc3cccnc3c2n1.